The summed E-state index contributed by atoms with van der Waals surface area (Å²) in [7, 11) is 1.58. The summed E-state index contributed by atoms with van der Waals surface area (Å²) >= 11 is 0. The summed E-state index contributed by atoms with van der Waals surface area (Å²) in [4.78, 5) is 28.2. The van der Waals surface area contributed by atoms with Crippen LogP contribution in [0.15, 0.2) is 84.6 Å². The maximum atomic E-state index is 13.4. The number of amides is 1. The van der Waals surface area contributed by atoms with Crippen molar-refractivity contribution in [2.24, 2.45) is 0 Å². The Morgan fingerprint density at radius 2 is 1.60 bits per heavy atom. The predicted octanol–water partition coefficient (Wildman–Crippen LogP) is 4.25. The van der Waals surface area contributed by atoms with Gasteiger partial charge in [-0.2, -0.15) is 0 Å². The van der Waals surface area contributed by atoms with Crippen LogP contribution in [0.1, 0.15) is 20.7 Å². The minimum absolute atomic E-state index is 0.181. The molecule has 2 aliphatic heterocycles. The number of para-hydroxylation sites is 2. The Balaban J connectivity index is 1.69. The molecule has 2 heterocycles. The predicted molar refractivity (Wildman–Crippen MR) is 113 cm³/mol. The molecule has 0 aliphatic carbocycles. The van der Waals surface area contributed by atoms with E-state index in [1.807, 2.05) is 12.1 Å². The van der Waals surface area contributed by atoms with Gasteiger partial charge in [-0.05, 0) is 48.5 Å². The van der Waals surface area contributed by atoms with Crippen molar-refractivity contribution in [3.05, 3.63) is 95.7 Å². The zero-order valence-electron chi connectivity index (χ0n) is 16.2. The molecule has 148 valence electrons. The second-order valence-corrected chi connectivity index (χ2v) is 6.97. The Labute approximate surface area is 173 Å². The zero-order valence-corrected chi connectivity index (χ0v) is 16.2. The second-order valence-electron chi connectivity index (χ2n) is 6.97. The maximum absolute atomic E-state index is 13.4. The molecule has 1 N–H and O–H groups in total. The number of methoxy groups -OCH3 is 1. The van der Waals surface area contributed by atoms with E-state index in [0.717, 1.165) is 0 Å². The van der Waals surface area contributed by atoms with E-state index in [4.69, 9.17) is 9.47 Å². The Kier molecular flexibility index (Phi) is 4.25. The molecular formula is C24H18N2O4. The molecule has 3 aromatic carbocycles. The van der Waals surface area contributed by atoms with Crippen molar-refractivity contribution < 1.29 is 19.1 Å². The second kappa shape index (κ2) is 7.08. The number of rotatable bonds is 2. The first kappa shape index (κ1) is 18.0. The third-order valence-electron chi connectivity index (χ3n) is 5.20. The molecule has 0 saturated carbocycles. The SMILES string of the molecule is COc1ccc(N2/C=C3/C(=O)c4ccccc4OC3Nc3ccccc3C2=O)cc1. The fraction of sp³-hybridized carbons (Fsp3) is 0.0833. The van der Waals surface area contributed by atoms with Crippen molar-refractivity contribution in [3.63, 3.8) is 0 Å². The minimum Gasteiger partial charge on any atom is -0.497 e. The van der Waals surface area contributed by atoms with Crippen molar-refractivity contribution in [3.8, 4) is 11.5 Å². The van der Waals surface area contributed by atoms with Crippen molar-refractivity contribution in [1.29, 1.82) is 0 Å². The highest BCUT2D eigenvalue weighted by molar-refractivity contribution is 6.16. The number of carbonyl (C=O) groups is 2. The van der Waals surface area contributed by atoms with E-state index >= 15 is 0 Å². The van der Waals surface area contributed by atoms with E-state index in [1.54, 1.807) is 74.0 Å². The van der Waals surface area contributed by atoms with Gasteiger partial charge in [-0.1, -0.05) is 24.3 Å². The monoisotopic (exact) mass is 398 g/mol. The molecule has 0 aromatic heterocycles. The van der Waals surface area contributed by atoms with Gasteiger partial charge in [0.25, 0.3) is 5.91 Å². The molecule has 0 saturated heterocycles. The largest absolute Gasteiger partial charge is 0.497 e. The molecule has 3 aromatic rings. The first-order chi connectivity index (χ1) is 14.7. The number of carbonyl (C=O) groups excluding carboxylic acids is 2. The molecule has 30 heavy (non-hydrogen) atoms. The highest BCUT2D eigenvalue weighted by Gasteiger charge is 2.35. The number of hydrogen-bond acceptors (Lipinski definition) is 5. The van der Waals surface area contributed by atoms with Crippen LogP contribution < -0.4 is 19.7 Å². The van der Waals surface area contributed by atoms with Crippen LogP contribution in [0.25, 0.3) is 0 Å². The lowest BCUT2D eigenvalue weighted by Crippen LogP contribution is -2.41. The first-order valence-corrected chi connectivity index (χ1v) is 9.51. The number of nitrogens with one attached hydrogen (secondary N) is 1. The van der Waals surface area contributed by atoms with Crippen LogP contribution in [0.5, 0.6) is 11.5 Å². The summed E-state index contributed by atoms with van der Waals surface area (Å²) in [6, 6.07) is 21.4. The molecule has 0 spiro atoms. The van der Waals surface area contributed by atoms with Gasteiger partial charge in [0.2, 0.25) is 6.23 Å². The number of nitrogens with zero attached hydrogens (tertiary/aromatic N) is 1. The molecule has 1 atom stereocenters. The van der Waals surface area contributed by atoms with Crippen LogP contribution in [-0.2, 0) is 0 Å². The molecule has 0 fully saturated rings. The van der Waals surface area contributed by atoms with E-state index in [9.17, 15) is 9.59 Å². The molecule has 6 nitrogen and oxygen atoms in total. The van der Waals surface area contributed by atoms with Crippen molar-refractivity contribution >= 4 is 23.1 Å². The Morgan fingerprint density at radius 1 is 0.900 bits per heavy atom. The lowest BCUT2D eigenvalue weighted by molar-refractivity contribution is 0.0969. The summed E-state index contributed by atoms with van der Waals surface area (Å²) in [6.45, 7) is 0. The van der Waals surface area contributed by atoms with Crippen molar-refractivity contribution in [2.45, 2.75) is 6.23 Å². The van der Waals surface area contributed by atoms with Gasteiger partial charge in [-0.25, -0.2) is 0 Å². The van der Waals surface area contributed by atoms with Crippen molar-refractivity contribution in [2.75, 3.05) is 17.3 Å². The van der Waals surface area contributed by atoms with Gasteiger partial charge in [-0.15, -0.1) is 0 Å². The Hall–Kier alpha value is -4.06. The van der Waals surface area contributed by atoms with Crippen LogP contribution in [0.3, 0.4) is 0 Å². The number of ether oxygens (including phenoxy) is 2. The number of hydrogen-bond donors (Lipinski definition) is 1. The van der Waals surface area contributed by atoms with Crippen LogP contribution in [-0.4, -0.2) is 25.0 Å². The highest BCUT2D eigenvalue weighted by Crippen LogP contribution is 2.35. The average Bonchev–Trinajstić information content (AvgIpc) is 2.78. The number of Topliss-reactive ketones (excluding diaryl/α,β-unsaturated/α-hetero) is 1. The topological polar surface area (TPSA) is 67.9 Å². The van der Waals surface area contributed by atoms with Gasteiger partial charge in [0.15, 0.2) is 5.78 Å². The Morgan fingerprint density at radius 3 is 2.37 bits per heavy atom. The number of fused-ring (bicyclic) bond motifs is 3. The molecule has 6 heteroatoms. The Bertz CT molecular complexity index is 1180. The fourth-order valence-corrected chi connectivity index (χ4v) is 3.65. The summed E-state index contributed by atoms with van der Waals surface area (Å²) in [5.41, 5.74) is 2.53. The summed E-state index contributed by atoms with van der Waals surface area (Å²) < 4.78 is 11.3. The average molecular weight is 398 g/mol. The van der Waals surface area contributed by atoms with Gasteiger partial charge < -0.3 is 14.8 Å². The van der Waals surface area contributed by atoms with Gasteiger partial charge >= 0.3 is 0 Å². The third-order valence-corrected chi connectivity index (χ3v) is 5.20. The van der Waals surface area contributed by atoms with E-state index in [0.29, 0.717) is 39.6 Å². The van der Waals surface area contributed by atoms with Crippen LogP contribution >= 0.6 is 0 Å². The molecule has 1 amide bonds. The van der Waals surface area contributed by atoms with E-state index in [-0.39, 0.29) is 11.7 Å². The standard InChI is InChI=1S/C24H18N2O4/c1-29-16-12-10-15(11-13-16)26-14-19-22(27)18-7-3-5-9-21(18)30-23(19)25-20-8-4-2-6-17(20)24(26)28/h2-14,23,25H,1H3/b19-14-. The van der Waals surface area contributed by atoms with Crippen LogP contribution in [0, 0.1) is 0 Å². The fourth-order valence-electron chi connectivity index (χ4n) is 3.65. The molecular weight excluding hydrogens is 380 g/mol. The number of anilines is 2. The lowest BCUT2D eigenvalue weighted by Gasteiger charge is -2.33. The number of benzene rings is 3. The van der Waals surface area contributed by atoms with E-state index < -0.39 is 6.23 Å². The minimum atomic E-state index is -0.720. The van der Waals surface area contributed by atoms with Gasteiger partial charge in [0.05, 0.1) is 23.8 Å². The summed E-state index contributed by atoms with van der Waals surface area (Å²) in [5, 5.41) is 3.21. The summed E-state index contributed by atoms with van der Waals surface area (Å²) in [6.07, 6.45) is 0.845. The van der Waals surface area contributed by atoms with Gasteiger partial charge in [0.1, 0.15) is 11.5 Å². The van der Waals surface area contributed by atoms with Crippen molar-refractivity contribution in [1.82, 2.24) is 0 Å². The molecule has 0 bridgehead atoms. The number of ketones is 1. The first-order valence-electron chi connectivity index (χ1n) is 9.51. The van der Waals surface area contributed by atoms with Gasteiger partial charge in [0, 0.05) is 17.6 Å². The lowest BCUT2D eigenvalue weighted by atomic mass is 9.97. The zero-order chi connectivity index (χ0) is 20.7. The van der Waals surface area contributed by atoms with Gasteiger partial charge in [-0.3, -0.25) is 14.5 Å². The smallest absolute Gasteiger partial charge is 0.264 e. The maximum Gasteiger partial charge on any atom is 0.264 e. The molecule has 1 unspecified atom stereocenters. The van der Waals surface area contributed by atoms with E-state index in [2.05, 4.69) is 5.32 Å². The quantitative estimate of drug-likeness (QED) is 0.699. The van der Waals surface area contributed by atoms with Crippen LogP contribution in [0.4, 0.5) is 11.4 Å². The van der Waals surface area contributed by atoms with E-state index in [1.165, 1.54) is 4.90 Å². The molecule has 0 radical (unpaired) electrons. The van der Waals surface area contributed by atoms with Crippen LogP contribution in [0.2, 0.25) is 0 Å². The molecule has 5 rings (SSSR count). The third kappa shape index (κ3) is 2.90. The normalized spacial score (nSPS) is 19.0. The molecule has 2 aliphatic rings. The highest BCUT2D eigenvalue weighted by atomic mass is 16.5. The summed E-state index contributed by atoms with van der Waals surface area (Å²) in [5.74, 6) is 0.760.